The maximum Gasteiger partial charge on any atom is 0.446 e. The quantitative estimate of drug-likeness (QED) is 0.787. The van der Waals surface area contributed by atoms with Crippen molar-refractivity contribution in [2.75, 3.05) is 13.1 Å². The van der Waals surface area contributed by atoms with E-state index in [-0.39, 0.29) is 16.7 Å². The van der Waals surface area contributed by atoms with Gasteiger partial charge in [0.1, 0.15) is 5.60 Å². The number of aliphatic hydroxyl groups is 1. The smallest absolute Gasteiger partial charge is 0.382 e. The molecule has 2 rings (SSSR count). The molecule has 1 aromatic rings. The zero-order valence-electron chi connectivity index (χ0n) is 8.21. The summed E-state index contributed by atoms with van der Waals surface area (Å²) in [5.74, 6) is 0. The maximum absolute atomic E-state index is 12.2. The Morgan fingerprint density at radius 1 is 1.31 bits per heavy atom. The minimum Gasteiger partial charge on any atom is -0.382 e. The summed E-state index contributed by atoms with van der Waals surface area (Å²) in [5.41, 5.74) is -4.78. The predicted molar refractivity (Wildman–Crippen MR) is 55.1 cm³/mol. The largest absolute Gasteiger partial charge is 0.446 e. The molecule has 1 heterocycles. The summed E-state index contributed by atoms with van der Waals surface area (Å²) in [5, 5.41) is 12.8. The fourth-order valence-electron chi connectivity index (χ4n) is 1.55. The minimum atomic E-state index is -4.29. The van der Waals surface area contributed by atoms with Crippen molar-refractivity contribution in [2.45, 2.75) is 16.0 Å². The van der Waals surface area contributed by atoms with Crippen LogP contribution in [-0.4, -0.2) is 23.7 Å². The Labute approximate surface area is 94.8 Å². The van der Waals surface area contributed by atoms with Crippen molar-refractivity contribution in [3.63, 3.8) is 0 Å². The van der Waals surface area contributed by atoms with Crippen molar-refractivity contribution in [3.05, 3.63) is 29.8 Å². The SMILES string of the molecule is OC1(c2cccc(SC(F)(F)F)c2)CNC1. The molecule has 0 atom stereocenters. The van der Waals surface area contributed by atoms with Crippen LogP contribution in [0.5, 0.6) is 0 Å². The molecular weight excluding hydrogens is 239 g/mol. The van der Waals surface area contributed by atoms with Gasteiger partial charge in [-0.3, -0.25) is 0 Å². The van der Waals surface area contributed by atoms with Crippen LogP contribution in [-0.2, 0) is 5.60 Å². The highest BCUT2D eigenvalue weighted by Crippen LogP contribution is 2.38. The summed E-state index contributed by atoms with van der Waals surface area (Å²) in [6.07, 6.45) is 0. The van der Waals surface area contributed by atoms with Gasteiger partial charge in [0.15, 0.2) is 0 Å². The van der Waals surface area contributed by atoms with E-state index in [2.05, 4.69) is 5.32 Å². The van der Waals surface area contributed by atoms with Gasteiger partial charge in [0.25, 0.3) is 0 Å². The van der Waals surface area contributed by atoms with Crippen molar-refractivity contribution in [2.24, 2.45) is 0 Å². The number of rotatable bonds is 2. The molecule has 0 saturated carbocycles. The van der Waals surface area contributed by atoms with Crippen LogP contribution < -0.4 is 5.32 Å². The van der Waals surface area contributed by atoms with Crippen molar-refractivity contribution >= 4 is 11.8 Å². The third kappa shape index (κ3) is 2.50. The second kappa shape index (κ2) is 3.94. The molecule has 0 spiro atoms. The van der Waals surface area contributed by atoms with Crippen LogP contribution in [0, 0.1) is 0 Å². The molecule has 1 aliphatic rings. The predicted octanol–water partition coefficient (Wildman–Crippen LogP) is 2.09. The molecule has 0 amide bonds. The van der Waals surface area contributed by atoms with Crippen molar-refractivity contribution < 1.29 is 18.3 Å². The molecule has 0 unspecified atom stereocenters. The van der Waals surface area contributed by atoms with E-state index in [0.717, 1.165) is 0 Å². The van der Waals surface area contributed by atoms with Gasteiger partial charge in [-0.15, -0.1) is 0 Å². The van der Waals surface area contributed by atoms with Crippen LogP contribution in [0.4, 0.5) is 13.2 Å². The molecule has 88 valence electrons. The molecule has 2 N–H and O–H groups in total. The lowest BCUT2D eigenvalue weighted by atomic mass is 9.88. The van der Waals surface area contributed by atoms with Crippen molar-refractivity contribution in [1.82, 2.24) is 5.32 Å². The van der Waals surface area contributed by atoms with Gasteiger partial charge in [-0.25, -0.2) is 0 Å². The fourth-order valence-corrected chi connectivity index (χ4v) is 2.15. The van der Waals surface area contributed by atoms with Gasteiger partial charge < -0.3 is 10.4 Å². The van der Waals surface area contributed by atoms with E-state index in [0.29, 0.717) is 18.7 Å². The van der Waals surface area contributed by atoms with Crippen LogP contribution in [0.3, 0.4) is 0 Å². The van der Waals surface area contributed by atoms with Crippen molar-refractivity contribution in [1.29, 1.82) is 0 Å². The fraction of sp³-hybridized carbons (Fsp3) is 0.400. The normalized spacial score (nSPS) is 19.2. The highest BCUT2D eigenvalue weighted by molar-refractivity contribution is 8.00. The molecule has 0 aliphatic carbocycles. The molecule has 16 heavy (non-hydrogen) atoms. The van der Waals surface area contributed by atoms with Gasteiger partial charge >= 0.3 is 5.51 Å². The molecule has 0 aromatic heterocycles. The third-order valence-electron chi connectivity index (χ3n) is 2.44. The molecular formula is C10H10F3NOS. The lowest BCUT2D eigenvalue weighted by molar-refractivity contribution is -0.0329. The van der Waals surface area contributed by atoms with Gasteiger partial charge in [-0.05, 0) is 29.5 Å². The highest BCUT2D eigenvalue weighted by atomic mass is 32.2. The molecule has 6 heteroatoms. The first-order valence-electron chi connectivity index (χ1n) is 4.68. The van der Waals surface area contributed by atoms with Gasteiger partial charge in [0.05, 0.1) is 0 Å². The first kappa shape index (κ1) is 11.8. The second-order valence-electron chi connectivity index (χ2n) is 3.71. The summed E-state index contributed by atoms with van der Waals surface area (Å²) in [6, 6.07) is 5.94. The third-order valence-corrected chi connectivity index (χ3v) is 3.16. The van der Waals surface area contributed by atoms with E-state index in [1.165, 1.54) is 18.2 Å². The second-order valence-corrected chi connectivity index (χ2v) is 4.85. The zero-order valence-corrected chi connectivity index (χ0v) is 9.03. The van der Waals surface area contributed by atoms with Gasteiger partial charge in [0, 0.05) is 18.0 Å². The molecule has 1 fully saturated rings. The number of hydrogen-bond acceptors (Lipinski definition) is 3. The topological polar surface area (TPSA) is 32.3 Å². The van der Waals surface area contributed by atoms with Crippen LogP contribution in [0.15, 0.2) is 29.2 Å². The number of nitrogens with one attached hydrogen (secondary N) is 1. The van der Waals surface area contributed by atoms with E-state index in [1.54, 1.807) is 6.07 Å². The van der Waals surface area contributed by atoms with Gasteiger partial charge in [0.2, 0.25) is 0 Å². The lowest BCUT2D eigenvalue weighted by Gasteiger charge is -2.38. The number of thioether (sulfide) groups is 1. The maximum atomic E-state index is 12.2. The minimum absolute atomic E-state index is 0.102. The Morgan fingerprint density at radius 3 is 2.50 bits per heavy atom. The summed E-state index contributed by atoms with van der Waals surface area (Å²) in [4.78, 5) is 0.102. The van der Waals surface area contributed by atoms with E-state index in [1.807, 2.05) is 0 Å². The van der Waals surface area contributed by atoms with E-state index in [9.17, 15) is 18.3 Å². The first-order chi connectivity index (χ1) is 7.39. The zero-order chi connectivity index (χ0) is 11.8. The molecule has 1 saturated heterocycles. The van der Waals surface area contributed by atoms with Gasteiger partial charge in [-0.2, -0.15) is 13.2 Å². The standard InChI is InChI=1S/C10H10F3NOS/c11-10(12,13)16-8-3-1-2-7(4-8)9(15)5-14-6-9/h1-4,14-15H,5-6H2. The average Bonchev–Trinajstić information content (AvgIpc) is 2.12. The Balaban J connectivity index is 2.20. The number of alkyl halides is 3. The summed E-state index contributed by atoms with van der Waals surface area (Å²) in [7, 11) is 0. The summed E-state index contributed by atoms with van der Waals surface area (Å²) < 4.78 is 36.5. The molecule has 1 aliphatic heterocycles. The summed E-state index contributed by atoms with van der Waals surface area (Å²) in [6.45, 7) is 0.764. The lowest BCUT2D eigenvalue weighted by Crippen LogP contribution is -2.56. The van der Waals surface area contributed by atoms with E-state index < -0.39 is 11.1 Å². The molecule has 0 bridgehead atoms. The van der Waals surface area contributed by atoms with Crippen LogP contribution in [0.1, 0.15) is 5.56 Å². The van der Waals surface area contributed by atoms with Crippen LogP contribution in [0.2, 0.25) is 0 Å². The Kier molecular flexibility index (Phi) is 2.90. The molecule has 1 aromatic carbocycles. The van der Waals surface area contributed by atoms with Gasteiger partial charge in [-0.1, -0.05) is 12.1 Å². The Bertz CT molecular complexity index is 390. The summed E-state index contributed by atoms with van der Waals surface area (Å²) >= 11 is -0.166. The number of benzene rings is 1. The first-order valence-corrected chi connectivity index (χ1v) is 5.50. The average molecular weight is 249 g/mol. The monoisotopic (exact) mass is 249 g/mol. The molecule has 0 radical (unpaired) electrons. The Hall–Kier alpha value is -0.720. The number of hydrogen-bond donors (Lipinski definition) is 2. The Morgan fingerprint density at radius 2 is 2.00 bits per heavy atom. The van der Waals surface area contributed by atoms with Crippen LogP contribution in [0.25, 0.3) is 0 Å². The number of β-amino-alcohol motifs (C(OH)–C–C–N with tert-alkyl or cyclic N) is 1. The van der Waals surface area contributed by atoms with E-state index in [4.69, 9.17) is 0 Å². The highest BCUT2D eigenvalue weighted by Gasteiger charge is 2.37. The van der Waals surface area contributed by atoms with Crippen molar-refractivity contribution in [3.8, 4) is 0 Å². The molecule has 2 nitrogen and oxygen atoms in total. The number of halogens is 3. The van der Waals surface area contributed by atoms with E-state index >= 15 is 0 Å². The van der Waals surface area contributed by atoms with Crippen LogP contribution >= 0.6 is 11.8 Å².